The van der Waals surface area contributed by atoms with Crippen molar-refractivity contribution in [3.63, 3.8) is 0 Å². The van der Waals surface area contributed by atoms with Crippen LogP contribution in [0.15, 0.2) is 41.2 Å². The number of hydrogen-bond acceptors (Lipinski definition) is 4. The third kappa shape index (κ3) is 4.82. The van der Waals surface area contributed by atoms with Crippen molar-refractivity contribution in [3.8, 4) is 16.9 Å². The number of aryl methyl sites for hydroxylation is 2. The minimum absolute atomic E-state index is 0.0315. The molecule has 0 N–H and O–H groups in total. The van der Waals surface area contributed by atoms with Crippen molar-refractivity contribution >= 4 is 29.7 Å². The highest BCUT2D eigenvalue weighted by Crippen LogP contribution is 2.40. The van der Waals surface area contributed by atoms with E-state index in [9.17, 15) is 9.59 Å². The van der Waals surface area contributed by atoms with E-state index in [0.717, 1.165) is 10.2 Å². The molecular weight excluding hydrogens is 455 g/mol. The van der Waals surface area contributed by atoms with Crippen LogP contribution < -0.4 is 10.3 Å². The molecule has 34 heavy (non-hydrogen) atoms. The highest BCUT2D eigenvalue weighted by molar-refractivity contribution is 6.32. The fourth-order valence-electron chi connectivity index (χ4n) is 3.78. The zero-order valence-corrected chi connectivity index (χ0v) is 20.3. The first kappa shape index (κ1) is 23.9. The number of carbonyl (C=O) groups excluding carboxylic acids is 1. The predicted molar refractivity (Wildman–Crippen MR) is 132 cm³/mol. The fraction of sp³-hybridized carbons (Fsp3) is 0.296. The van der Waals surface area contributed by atoms with Gasteiger partial charge >= 0.3 is 5.97 Å². The lowest BCUT2D eigenvalue weighted by molar-refractivity contribution is -0.137. The van der Waals surface area contributed by atoms with Crippen LogP contribution in [-0.2, 0) is 11.8 Å². The number of esters is 1. The normalized spacial score (nSPS) is 13.6. The second-order valence-electron chi connectivity index (χ2n) is 8.89. The van der Waals surface area contributed by atoms with Gasteiger partial charge in [-0.1, -0.05) is 61.9 Å². The summed E-state index contributed by atoms with van der Waals surface area (Å²) in [6.45, 7) is 4.95. The van der Waals surface area contributed by atoms with E-state index in [2.05, 4.69) is 17.2 Å². The fourth-order valence-corrected chi connectivity index (χ4v) is 4.00. The molecule has 0 atom stereocenters. The molecule has 1 aliphatic rings. The van der Waals surface area contributed by atoms with Crippen LogP contribution in [0.2, 0.25) is 5.02 Å². The molecule has 4 rings (SSSR count). The van der Waals surface area contributed by atoms with E-state index in [1.165, 1.54) is 37.6 Å². The summed E-state index contributed by atoms with van der Waals surface area (Å²) in [4.78, 5) is 25.5. The van der Waals surface area contributed by atoms with Gasteiger partial charge in [0.15, 0.2) is 5.75 Å². The van der Waals surface area contributed by atoms with Gasteiger partial charge in [0.2, 0.25) is 0 Å². The van der Waals surface area contributed by atoms with E-state index in [0.29, 0.717) is 11.5 Å². The highest BCUT2D eigenvalue weighted by atomic mass is 35.5. The Labute approximate surface area is 202 Å². The maximum absolute atomic E-state index is 15.3. The third-order valence-electron chi connectivity index (χ3n) is 5.86. The van der Waals surface area contributed by atoms with Gasteiger partial charge in [-0.05, 0) is 48.9 Å². The van der Waals surface area contributed by atoms with Crippen LogP contribution in [-0.4, -0.2) is 15.7 Å². The van der Waals surface area contributed by atoms with Crippen LogP contribution in [0.25, 0.3) is 23.3 Å². The van der Waals surface area contributed by atoms with Crippen molar-refractivity contribution in [2.24, 2.45) is 13.0 Å². The minimum Gasteiger partial charge on any atom is -0.423 e. The summed E-state index contributed by atoms with van der Waals surface area (Å²) in [6.07, 6.45) is 5.94. The van der Waals surface area contributed by atoms with Crippen LogP contribution in [0.1, 0.15) is 55.0 Å². The maximum atomic E-state index is 15.3. The summed E-state index contributed by atoms with van der Waals surface area (Å²) in [6, 6.07) is 10.8. The van der Waals surface area contributed by atoms with Crippen LogP contribution in [0, 0.1) is 18.7 Å². The van der Waals surface area contributed by atoms with Crippen molar-refractivity contribution < 1.29 is 13.9 Å². The van der Waals surface area contributed by atoms with E-state index in [1.807, 2.05) is 18.2 Å². The Bertz CT molecular complexity index is 1340. The Morgan fingerprint density at radius 3 is 2.44 bits per heavy atom. The van der Waals surface area contributed by atoms with E-state index in [4.69, 9.17) is 16.3 Å². The lowest BCUT2D eigenvalue weighted by Crippen LogP contribution is -2.26. The molecule has 0 bridgehead atoms. The second-order valence-corrected chi connectivity index (χ2v) is 9.29. The van der Waals surface area contributed by atoms with Gasteiger partial charge in [0.25, 0.3) is 5.56 Å². The Hall–Kier alpha value is -3.25. The number of aromatic nitrogens is 2. The zero-order chi connectivity index (χ0) is 24.6. The zero-order valence-electron chi connectivity index (χ0n) is 19.6. The average Bonchev–Trinajstić information content (AvgIpc) is 3.64. The molecule has 0 aliphatic heterocycles. The van der Waals surface area contributed by atoms with Gasteiger partial charge in [-0.25, -0.2) is 9.07 Å². The maximum Gasteiger partial charge on any atom is 0.313 e. The minimum atomic E-state index is -0.655. The van der Waals surface area contributed by atoms with Gasteiger partial charge in [-0.2, -0.15) is 5.10 Å². The number of rotatable bonds is 6. The molecule has 5 nitrogen and oxygen atoms in total. The summed E-state index contributed by atoms with van der Waals surface area (Å²) < 4.78 is 21.9. The molecule has 1 aromatic heterocycles. The number of benzene rings is 2. The Morgan fingerprint density at radius 1 is 1.15 bits per heavy atom. The van der Waals surface area contributed by atoms with Gasteiger partial charge in [-0.3, -0.25) is 9.59 Å². The second kappa shape index (κ2) is 9.55. The molecule has 0 saturated heterocycles. The van der Waals surface area contributed by atoms with Gasteiger partial charge < -0.3 is 4.74 Å². The first-order chi connectivity index (χ1) is 16.2. The molecule has 1 fully saturated rings. The van der Waals surface area contributed by atoms with E-state index in [1.54, 1.807) is 26.8 Å². The Kier molecular flexibility index (Phi) is 6.71. The number of halogens is 2. The summed E-state index contributed by atoms with van der Waals surface area (Å²) in [5.74, 6) is -1.06. The number of hydrogen-bond donors (Lipinski definition) is 0. The average molecular weight is 481 g/mol. The molecule has 0 amide bonds. The van der Waals surface area contributed by atoms with Gasteiger partial charge in [-0.15, -0.1) is 0 Å². The number of ether oxygens (including phenoxy) is 1. The molecule has 0 radical (unpaired) electrons. The molecule has 176 valence electrons. The SMILES string of the molecule is Cc1nn(C)c(=O)c(-c2c(F)ccc(Cl)c2/C=C/c2ccc(C3CC3)cc2)c1OC(=O)C(C)C. The molecule has 0 unspecified atom stereocenters. The van der Waals surface area contributed by atoms with Crippen LogP contribution in [0.4, 0.5) is 4.39 Å². The van der Waals surface area contributed by atoms with Gasteiger partial charge in [0.05, 0.1) is 11.5 Å². The topological polar surface area (TPSA) is 61.2 Å². The van der Waals surface area contributed by atoms with Gasteiger partial charge in [0, 0.05) is 23.2 Å². The summed E-state index contributed by atoms with van der Waals surface area (Å²) >= 11 is 6.48. The lowest BCUT2D eigenvalue weighted by atomic mass is 9.97. The molecule has 2 aromatic carbocycles. The standard InChI is InChI=1S/C27H26ClFN2O3/c1-15(2)27(33)34-25-16(3)30-31(4)26(32)24(25)23-20(21(28)13-14-22(23)29)12-7-17-5-8-18(9-6-17)19-10-11-19/h5-9,12-15,19H,10-11H2,1-4H3/b12-7+. The molecule has 1 saturated carbocycles. The summed E-state index contributed by atoms with van der Waals surface area (Å²) in [5.41, 5.74) is 2.12. The number of carbonyl (C=O) groups is 1. The van der Waals surface area contributed by atoms with Crippen LogP contribution in [0.5, 0.6) is 5.75 Å². The smallest absolute Gasteiger partial charge is 0.313 e. The molecule has 7 heteroatoms. The Balaban J connectivity index is 1.86. The summed E-state index contributed by atoms with van der Waals surface area (Å²) in [5, 5.41) is 4.39. The first-order valence-electron chi connectivity index (χ1n) is 11.2. The molecular formula is C27H26ClFN2O3. The molecule has 0 spiro atoms. The monoisotopic (exact) mass is 480 g/mol. The van der Waals surface area contributed by atoms with Crippen LogP contribution in [0.3, 0.4) is 0 Å². The molecule has 3 aromatic rings. The van der Waals surface area contributed by atoms with Crippen molar-refractivity contribution in [2.75, 3.05) is 0 Å². The third-order valence-corrected chi connectivity index (χ3v) is 6.19. The molecule has 1 aliphatic carbocycles. The van der Waals surface area contributed by atoms with E-state index >= 15 is 4.39 Å². The van der Waals surface area contributed by atoms with Crippen molar-refractivity contribution in [2.45, 2.75) is 39.5 Å². The Morgan fingerprint density at radius 2 is 1.82 bits per heavy atom. The van der Waals surface area contributed by atoms with Crippen LogP contribution >= 0.6 is 11.6 Å². The number of nitrogens with zero attached hydrogens (tertiary/aromatic N) is 2. The summed E-state index contributed by atoms with van der Waals surface area (Å²) in [7, 11) is 1.46. The van der Waals surface area contributed by atoms with Crippen molar-refractivity contribution in [3.05, 3.63) is 80.0 Å². The highest BCUT2D eigenvalue weighted by Gasteiger charge is 2.26. The predicted octanol–water partition coefficient (Wildman–Crippen LogP) is 6.16. The largest absolute Gasteiger partial charge is 0.423 e. The lowest BCUT2D eigenvalue weighted by Gasteiger charge is -2.17. The van der Waals surface area contributed by atoms with Crippen molar-refractivity contribution in [1.29, 1.82) is 0 Å². The van der Waals surface area contributed by atoms with Crippen molar-refractivity contribution in [1.82, 2.24) is 9.78 Å². The quantitative estimate of drug-likeness (QED) is 0.313. The van der Waals surface area contributed by atoms with E-state index < -0.39 is 23.3 Å². The van der Waals surface area contributed by atoms with E-state index in [-0.39, 0.29) is 27.6 Å². The van der Waals surface area contributed by atoms with Gasteiger partial charge in [0.1, 0.15) is 11.5 Å². The molecule has 1 heterocycles. The first-order valence-corrected chi connectivity index (χ1v) is 11.6.